The first-order chi connectivity index (χ1) is 16.4. The maximum Gasteiger partial charge on any atom is 0.242 e. The van der Waals surface area contributed by atoms with E-state index in [4.69, 9.17) is 11.6 Å². The van der Waals surface area contributed by atoms with Gasteiger partial charge in [0.1, 0.15) is 11.9 Å². The predicted molar refractivity (Wildman–Crippen MR) is 137 cm³/mol. The van der Waals surface area contributed by atoms with Gasteiger partial charge in [-0.2, -0.15) is 0 Å². The maximum atomic E-state index is 14.3. The number of amides is 2. The highest BCUT2D eigenvalue weighted by Crippen LogP contribution is 2.22. The van der Waals surface area contributed by atoms with Crippen molar-refractivity contribution in [1.29, 1.82) is 0 Å². The highest BCUT2D eigenvalue weighted by molar-refractivity contribution is 7.92. The van der Waals surface area contributed by atoms with E-state index >= 15 is 0 Å². The minimum absolute atomic E-state index is 0.0258. The van der Waals surface area contributed by atoms with Gasteiger partial charge >= 0.3 is 0 Å². The lowest BCUT2D eigenvalue weighted by Gasteiger charge is -2.30. The molecule has 0 heterocycles. The number of anilines is 1. The molecular weight excluding hydrogens is 493 g/mol. The van der Waals surface area contributed by atoms with Crippen molar-refractivity contribution in [2.24, 2.45) is 0 Å². The maximum absolute atomic E-state index is 14.3. The molecule has 0 aliphatic carbocycles. The van der Waals surface area contributed by atoms with E-state index in [-0.39, 0.29) is 49.5 Å². The molecule has 0 bridgehead atoms. The third-order valence-corrected chi connectivity index (χ3v) is 7.10. The Kier molecular flexibility index (Phi) is 10.5. The second-order valence-corrected chi connectivity index (χ2v) is 10.9. The Hall–Kier alpha value is -2.65. The van der Waals surface area contributed by atoms with Gasteiger partial charge in [0.05, 0.1) is 11.9 Å². The smallest absolute Gasteiger partial charge is 0.242 e. The summed E-state index contributed by atoms with van der Waals surface area (Å²) in [5.74, 6) is -1.26. The van der Waals surface area contributed by atoms with Crippen LogP contribution < -0.4 is 9.62 Å². The third kappa shape index (κ3) is 8.50. The standard InChI is InChI=1S/C25H33ClFN3O4S/c1-5-18(2)28-25(32)19(3)29(17-20-10-8-11-21(26)16-20)24(31)14-9-15-30(35(4,33)34)23-13-7-6-12-22(23)27/h6-8,10-13,16,18-19H,5,9,14-15,17H2,1-4H3,(H,28,32)/t18-,19-/m1/s1. The van der Waals surface area contributed by atoms with Crippen LogP contribution in [0.2, 0.25) is 5.02 Å². The number of carbonyl (C=O) groups is 2. The molecule has 0 aliphatic heterocycles. The summed E-state index contributed by atoms with van der Waals surface area (Å²) < 4.78 is 39.8. The van der Waals surface area contributed by atoms with Crippen LogP contribution in [0.25, 0.3) is 0 Å². The van der Waals surface area contributed by atoms with Crippen LogP contribution in [0.3, 0.4) is 0 Å². The van der Waals surface area contributed by atoms with Crippen molar-refractivity contribution in [3.8, 4) is 0 Å². The summed E-state index contributed by atoms with van der Waals surface area (Å²) >= 11 is 6.09. The number of rotatable bonds is 12. The number of hydrogen-bond donors (Lipinski definition) is 1. The summed E-state index contributed by atoms with van der Waals surface area (Å²) in [6.07, 6.45) is 1.86. The van der Waals surface area contributed by atoms with E-state index in [1.165, 1.54) is 23.1 Å². The minimum Gasteiger partial charge on any atom is -0.352 e. The molecule has 0 spiro atoms. The summed E-state index contributed by atoms with van der Waals surface area (Å²) in [5, 5.41) is 3.41. The SMILES string of the molecule is CC[C@@H](C)NC(=O)[C@@H](C)N(Cc1cccc(Cl)c1)C(=O)CCCN(c1ccccc1F)S(C)(=O)=O. The van der Waals surface area contributed by atoms with Crippen molar-refractivity contribution < 1.29 is 22.4 Å². The minimum atomic E-state index is -3.77. The summed E-state index contributed by atoms with van der Waals surface area (Å²) in [6.45, 7) is 5.58. The molecule has 0 saturated carbocycles. The lowest BCUT2D eigenvalue weighted by molar-refractivity contribution is -0.140. The number of halogens is 2. The van der Waals surface area contributed by atoms with E-state index in [1.807, 2.05) is 19.9 Å². The van der Waals surface area contributed by atoms with Gasteiger partial charge in [-0.3, -0.25) is 13.9 Å². The molecule has 1 N–H and O–H groups in total. The molecule has 2 amide bonds. The van der Waals surface area contributed by atoms with Gasteiger partial charge in [-0.05, 0) is 56.5 Å². The van der Waals surface area contributed by atoms with Crippen molar-refractivity contribution >= 4 is 39.1 Å². The topological polar surface area (TPSA) is 86.8 Å². The molecule has 2 rings (SSSR count). The van der Waals surface area contributed by atoms with Gasteiger partial charge in [0.15, 0.2) is 0 Å². The number of sulfonamides is 1. The van der Waals surface area contributed by atoms with Gasteiger partial charge in [-0.15, -0.1) is 0 Å². The highest BCUT2D eigenvalue weighted by Gasteiger charge is 2.27. The molecule has 0 saturated heterocycles. The van der Waals surface area contributed by atoms with Crippen LogP contribution in [0.15, 0.2) is 48.5 Å². The fourth-order valence-corrected chi connectivity index (χ4v) is 4.70. The van der Waals surface area contributed by atoms with E-state index in [0.29, 0.717) is 5.02 Å². The van der Waals surface area contributed by atoms with E-state index in [2.05, 4.69) is 5.32 Å². The van der Waals surface area contributed by atoms with Crippen LogP contribution in [-0.4, -0.2) is 50.0 Å². The average Bonchev–Trinajstić information content (AvgIpc) is 2.79. The average molecular weight is 526 g/mol. The van der Waals surface area contributed by atoms with Crippen LogP contribution in [0.4, 0.5) is 10.1 Å². The molecular formula is C25H33ClFN3O4S. The van der Waals surface area contributed by atoms with E-state index in [9.17, 15) is 22.4 Å². The molecule has 2 aromatic carbocycles. The number of nitrogens with zero attached hydrogens (tertiary/aromatic N) is 2. The molecule has 0 radical (unpaired) electrons. The summed E-state index contributed by atoms with van der Waals surface area (Å²) in [6, 6.07) is 11.8. The first-order valence-corrected chi connectivity index (χ1v) is 13.7. The quantitative estimate of drug-likeness (QED) is 0.446. The predicted octanol–water partition coefficient (Wildman–Crippen LogP) is 4.36. The molecule has 2 atom stereocenters. The Balaban J connectivity index is 2.18. The van der Waals surface area contributed by atoms with Gasteiger partial charge in [0, 0.05) is 30.6 Å². The molecule has 0 unspecified atom stereocenters. The Morgan fingerprint density at radius 1 is 1.11 bits per heavy atom. The van der Waals surface area contributed by atoms with Crippen molar-refractivity contribution in [3.05, 3.63) is 64.9 Å². The van der Waals surface area contributed by atoms with Gasteiger partial charge in [-0.1, -0.05) is 42.8 Å². The molecule has 0 aromatic heterocycles. The van der Waals surface area contributed by atoms with Crippen LogP contribution in [-0.2, 0) is 26.2 Å². The number of nitrogens with one attached hydrogen (secondary N) is 1. The second-order valence-electron chi connectivity index (χ2n) is 8.54. The lowest BCUT2D eigenvalue weighted by Crippen LogP contribution is -2.49. The van der Waals surface area contributed by atoms with Gasteiger partial charge < -0.3 is 10.2 Å². The van der Waals surface area contributed by atoms with E-state index in [1.54, 1.807) is 31.2 Å². The molecule has 2 aromatic rings. The van der Waals surface area contributed by atoms with Crippen molar-refractivity contribution in [2.45, 2.75) is 58.7 Å². The van der Waals surface area contributed by atoms with Gasteiger partial charge in [-0.25, -0.2) is 12.8 Å². The Morgan fingerprint density at radius 3 is 2.40 bits per heavy atom. The van der Waals surface area contributed by atoms with Crippen LogP contribution in [0.1, 0.15) is 45.6 Å². The molecule has 192 valence electrons. The molecule has 35 heavy (non-hydrogen) atoms. The normalized spacial score (nSPS) is 13.1. The highest BCUT2D eigenvalue weighted by atomic mass is 35.5. The molecule has 10 heteroatoms. The van der Waals surface area contributed by atoms with E-state index < -0.39 is 21.9 Å². The van der Waals surface area contributed by atoms with E-state index in [0.717, 1.165) is 22.5 Å². The number of para-hydroxylation sites is 1. The first kappa shape index (κ1) is 28.6. The lowest BCUT2D eigenvalue weighted by atomic mass is 10.1. The van der Waals surface area contributed by atoms with Crippen molar-refractivity contribution in [3.63, 3.8) is 0 Å². The van der Waals surface area contributed by atoms with Gasteiger partial charge in [0.25, 0.3) is 0 Å². The summed E-state index contributed by atoms with van der Waals surface area (Å²) in [7, 11) is -3.77. The van der Waals surface area contributed by atoms with Crippen molar-refractivity contribution in [2.75, 3.05) is 17.1 Å². The Morgan fingerprint density at radius 2 is 1.80 bits per heavy atom. The van der Waals surface area contributed by atoms with Gasteiger partial charge in [0.2, 0.25) is 21.8 Å². The number of hydrogen-bond acceptors (Lipinski definition) is 4. The van der Waals surface area contributed by atoms with Crippen LogP contribution >= 0.6 is 11.6 Å². The number of benzene rings is 2. The largest absolute Gasteiger partial charge is 0.352 e. The monoisotopic (exact) mass is 525 g/mol. The van der Waals surface area contributed by atoms with Crippen LogP contribution in [0.5, 0.6) is 0 Å². The molecule has 0 fully saturated rings. The molecule has 7 nitrogen and oxygen atoms in total. The zero-order chi connectivity index (χ0) is 26.2. The summed E-state index contributed by atoms with van der Waals surface area (Å²) in [5.41, 5.74) is 0.692. The fraction of sp³-hybridized carbons (Fsp3) is 0.440. The van der Waals surface area contributed by atoms with Crippen LogP contribution in [0, 0.1) is 5.82 Å². The Labute approximate surface area is 212 Å². The Bertz CT molecular complexity index is 1130. The number of carbonyl (C=O) groups excluding carboxylic acids is 2. The van der Waals surface area contributed by atoms with Crippen molar-refractivity contribution in [1.82, 2.24) is 10.2 Å². The zero-order valence-electron chi connectivity index (χ0n) is 20.5. The zero-order valence-corrected chi connectivity index (χ0v) is 22.1. The fourth-order valence-electron chi connectivity index (χ4n) is 3.52. The second kappa shape index (κ2) is 12.9. The summed E-state index contributed by atoms with van der Waals surface area (Å²) in [4.78, 5) is 27.5. The third-order valence-electron chi connectivity index (χ3n) is 5.68. The first-order valence-electron chi connectivity index (χ1n) is 11.5. The molecule has 0 aliphatic rings.